The first-order chi connectivity index (χ1) is 7.06. The Bertz CT molecular complexity index is 210. The van der Waals surface area contributed by atoms with Gasteiger partial charge in [0.05, 0.1) is 6.04 Å². The van der Waals surface area contributed by atoms with Crippen molar-refractivity contribution in [3.05, 3.63) is 0 Å². The fraction of sp³-hybridized carbons (Fsp3) is 0.909. The third-order valence-corrected chi connectivity index (χ3v) is 3.14. The lowest BCUT2D eigenvalue weighted by molar-refractivity contribution is -0.135. The molecule has 2 N–H and O–H groups in total. The number of carbonyl (C=O) groups excluding carboxylic acids is 1. The van der Waals surface area contributed by atoms with Crippen molar-refractivity contribution >= 4 is 5.91 Å². The Morgan fingerprint density at radius 3 is 2.47 bits per heavy atom. The van der Waals surface area contributed by atoms with E-state index in [1.54, 1.807) is 6.92 Å². The number of nitrogens with two attached hydrogens (primary N) is 1. The summed E-state index contributed by atoms with van der Waals surface area (Å²) in [4.78, 5) is 16.1. The molecule has 4 heteroatoms. The number of hydrogen-bond acceptors (Lipinski definition) is 3. The lowest BCUT2D eigenvalue weighted by Crippen LogP contribution is -2.50. The van der Waals surface area contributed by atoms with Crippen molar-refractivity contribution in [1.29, 1.82) is 0 Å². The molecule has 0 saturated carbocycles. The van der Waals surface area contributed by atoms with Crippen LogP contribution in [0.15, 0.2) is 0 Å². The molecule has 0 aromatic carbocycles. The molecular weight excluding hydrogens is 190 g/mol. The van der Waals surface area contributed by atoms with Crippen LogP contribution in [0.25, 0.3) is 0 Å². The first kappa shape index (κ1) is 12.5. The zero-order valence-corrected chi connectivity index (χ0v) is 10.1. The highest BCUT2D eigenvalue weighted by Crippen LogP contribution is 2.15. The van der Waals surface area contributed by atoms with E-state index in [1.807, 2.05) is 11.8 Å². The predicted molar refractivity (Wildman–Crippen MR) is 61.6 cm³/mol. The number of nitrogens with zero attached hydrogens (tertiary/aromatic N) is 2. The third-order valence-electron chi connectivity index (χ3n) is 3.14. The van der Waals surface area contributed by atoms with E-state index in [2.05, 4.69) is 11.9 Å². The second-order valence-corrected chi connectivity index (χ2v) is 4.45. The summed E-state index contributed by atoms with van der Waals surface area (Å²) >= 11 is 0. The van der Waals surface area contributed by atoms with Gasteiger partial charge in [-0.25, -0.2) is 0 Å². The minimum atomic E-state index is -0.371. The molecule has 0 aromatic heterocycles. The molecule has 1 fully saturated rings. The fourth-order valence-electron chi connectivity index (χ4n) is 2.16. The minimum Gasteiger partial charge on any atom is -0.339 e. The van der Waals surface area contributed by atoms with E-state index in [4.69, 9.17) is 5.73 Å². The average Bonchev–Trinajstić information content (AvgIpc) is 2.21. The molecular formula is C11H23N3O. The van der Waals surface area contributed by atoms with Crippen molar-refractivity contribution in [2.75, 3.05) is 26.7 Å². The monoisotopic (exact) mass is 213 g/mol. The quantitative estimate of drug-likeness (QED) is 0.732. The first-order valence-corrected chi connectivity index (χ1v) is 5.80. The van der Waals surface area contributed by atoms with Crippen LogP contribution in [0.2, 0.25) is 0 Å². The van der Waals surface area contributed by atoms with Crippen LogP contribution in [0.3, 0.4) is 0 Å². The van der Waals surface area contributed by atoms with E-state index >= 15 is 0 Å². The van der Waals surface area contributed by atoms with Crippen LogP contribution in [-0.2, 0) is 4.79 Å². The van der Waals surface area contributed by atoms with Crippen LogP contribution >= 0.6 is 0 Å². The summed E-state index contributed by atoms with van der Waals surface area (Å²) in [7, 11) is 2.12. The van der Waals surface area contributed by atoms with Gasteiger partial charge in [0.15, 0.2) is 0 Å². The molecule has 0 aliphatic carbocycles. The van der Waals surface area contributed by atoms with Gasteiger partial charge in [-0.05, 0) is 46.8 Å². The van der Waals surface area contributed by atoms with Crippen LogP contribution < -0.4 is 5.73 Å². The highest BCUT2D eigenvalue weighted by atomic mass is 16.2. The molecule has 1 unspecified atom stereocenters. The van der Waals surface area contributed by atoms with Gasteiger partial charge in [0.1, 0.15) is 0 Å². The van der Waals surface area contributed by atoms with Gasteiger partial charge in [0.2, 0.25) is 5.91 Å². The van der Waals surface area contributed by atoms with Crippen molar-refractivity contribution in [1.82, 2.24) is 9.80 Å². The van der Waals surface area contributed by atoms with Gasteiger partial charge in [-0.1, -0.05) is 0 Å². The molecule has 1 rings (SSSR count). The van der Waals surface area contributed by atoms with E-state index < -0.39 is 0 Å². The SMILES string of the molecule is CCN(C(=O)C(C)N)C1CCN(C)CC1. The first-order valence-electron chi connectivity index (χ1n) is 5.80. The summed E-state index contributed by atoms with van der Waals surface area (Å²) in [6, 6.07) is 0.0225. The van der Waals surface area contributed by atoms with Gasteiger partial charge < -0.3 is 15.5 Å². The number of piperidine rings is 1. The maximum Gasteiger partial charge on any atom is 0.239 e. The molecule has 0 spiro atoms. The van der Waals surface area contributed by atoms with Crippen molar-refractivity contribution < 1.29 is 4.79 Å². The molecule has 1 atom stereocenters. The molecule has 1 amide bonds. The predicted octanol–water partition coefficient (Wildman–Crippen LogP) is 0.276. The topological polar surface area (TPSA) is 49.6 Å². The summed E-state index contributed by atoms with van der Waals surface area (Å²) in [5.41, 5.74) is 5.64. The molecule has 0 aromatic rings. The number of carbonyl (C=O) groups is 1. The molecule has 0 bridgehead atoms. The van der Waals surface area contributed by atoms with E-state index in [1.165, 1.54) is 0 Å². The Hall–Kier alpha value is -0.610. The normalized spacial score (nSPS) is 21.3. The van der Waals surface area contributed by atoms with Crippen LogP contribution in [0.1, 0.15) is 26.7 Å². The summed E-state index contributed by atoms with van der Waals surface area (Å²) < 4.78 is 0. The highest BCUT2D eigenvalue weighted by Gasteiger charge is 2.26. The second-order valence-electron chi connectivity index (χ2n) is 4.45. The molecule has 15 heavy (non-hydrogen) atoms. The van der Waals surface area contributed by atoms with Gasteiger partial charge in [0.25, 0.3) is 0 Å². The fourth-order valence-corrected chi connectivity index (χ4v) is 2.16. The van der Waals surface area contributed by atoms with Gasteiger partial charge in [-0.3, -0.25) is 4.79 Å². The zero-order valence-electron chi connectivity index (χ0n) is 10.1. The van der Waals surface area contributed by atoms with E-state index in [-0.39, 0.29) is 11.9 Å². The Kier molecular flexibility index (Phi) is 4.54. The Labute approximate surface area is 92.4 Å². The van der Waals surface area contributed by atoms with Crippen molar-refractivity contribution in [3.63, 3.8) is 0 Å². The Balaban J connectivity index is 2.55. The number of amides is 1. The molecule has 1 heterocycles. The average molecular weight is 213 g/mol. The zero-order chi connectivity index (χ0) is 11.4. The van der Waals surface area contributed by atoms with Gasteiger partial charge in [-0.15, -0.1) is 0 Å². The lowest BCUT2D eigenvalue weighted by atomic mass is 10.0. The van der Waals surface area contributed by atoms with E-state index in [9.17, 15) is 4.79 Å². The van der Waals surface area contributed by atoms with Crippen molar-refractivity contribution in [2.24, 2.45) is 5.73 Å². The number of rotatable bonds is 3. The maximum atomic E-state index is 11.8. The summed E-state index contributed by atoms with van der Waals surface area (Å²) in [5, 5.41) is 0. The third kappa shape index (κ3) is 3.18. The number of likely N-dealkylation sites (N-methyl/N-ethyl adjacent to an activating group) is 1. The number of hydrogen-bond donors (Lipinski definition) is 1. The van der Waals surface area contributed by atoms with E-state index in [0.29, 0.717) is 6.04 Å². The summed E-state index contributed by atoms with van der Waals surface area (Å²) in [6.07, 6.45) is 2.14. The molecule has 1 saturated heterocycles. The second kappa shape index (κ2) is 5.47. The molecule has 88 valence electrons. The molecule has 0 radical (unpaired) electrons. The molecule has 1 aliphatic rings. The molecule has 1 aliphatic heterocycles. The number of likely N-dealkylation sites (tertiary alicyclic amines) is 1. The standard InChI is InChI=1S/C11H23N3O/c1-4-14(11(15)9(2)12)10-5-7-13(3)8-6-10/h9-10H,4-8,12H2,1-3H3. The van der Waals surface area contributed by atoms with Gasteiger partial charge in [0, 0.05) is 12.6 Å². The lowest BCUT2D eigenvalue weighted by Gasteiger charge is -2.37. The smallest absolute Gasteiger partial charge is 0.239 e. The van der Waals surface area contributed by atoms with Crippen molar-refractivity contribution in [2.45, 2.75) is 38.8 Å². The highest BCUT2D eigenvalue weighted by molar-refractivity contribution is 5.81. The molecule has 4 nitrogen and oxygen atoms in total. The Morgan fingerprint density at radius 1 is 1.53 bits per heavy atom. The van der Waals surface area contributed by atoms with Gasteiger partial charge >= 0.3 is 0 Å². The van der Waals surface area contributed by atoms with Crippen LogP contribution in [0.5, 0.6) is 0 Å². The van der Waals surface area contributed by atoms with Crippen molar-refractivity contribution in [3.8, 4) is 0 Å². The largest absolute Gasteiger partial charge is 0.339 e. The maximum absolute atomic E-state index is 11.8. The van der Waals surface area contributed by atoms with Crippen LogP contribution in [0.4, 0.5) is 0 Å². The Morgan fingerprint density at radius 2 is 2.07 bits per heavy atom. The minimum absolute atomic E-state index is 0.0899. The van der Waals surface area contributed by atoms with E-state index in [0.717, 1.165) is 32.5 Å². The van der Waals surface area contributed by atoms with Gasteiger partial charge in [-0.2, -0.15) is 0 Å². The van der Waals surface area contributed by atoms with Crippen LogP contribution in [-0.4, -0.2) is 54.5 Å². The van der Waals surface area contributed by atoms with Crippen LogP contribution in [0, 0.1) is 0 Å². The summed E-state index contributed by atoms with van der Waals surface area (Å²) in [6.45, 7) is 6.72. The summed E-state index contributed by atoms with van der Waals surface area (Å²) in [5.74, 6) is 0.0899.